The number of aromatic carboxylic acids is 1. The van der Waals surface area contributed by atoms with Gasteiger partial charge in [0, 0.05) is 12.6 Å². The van der Waals surface area contributed by atoms with Crippen molar-refractivity contribution >= 4 is 28.3 Å². The van der Waals surface area contributed by atoms with E-state index in [-0.39, 0.29) is 17.6 Å². The Morgan fingerprint density at radius 2 is 2.18 bits per heavy atom. The predicted molar refractivity (Wildman–Crippen MR) is 67.8 cm³/mol. The van der Waals surface area contributed by atoms with E-state index in [1.54, 1.807) is 10.3 Å². The van der Waals surface area contributed by atoms with E-state index in [0.717, 1.165) is 0 Å². The third kappa shape index (κ3) is 3.20. The molecule has 0 bridgehead atoms. The van der Waals surface area contributed by atoms with Gasteiger partial charge < -0.3 is 10.0 Å². The van der Waals surface area contributed by atoms with E-state index in [1.807, 2.05) is 20.8 Å². The Morgan fingerprint density at radius 3 is 2.65 bits per heavy atom. The molecule has 0 unspecified atom stereocenters. The number of anilines is 1. The van der Waals surface area contributed by atoms with E-state index in [4.69, 9.17) is 5.11 Å². The molecule has 0 aliphatic carbocycles. The first-order chi connectivity index (χ1) is 7.97. The molecule has 2 N–H and O–H groups in total. The van der Waals surface area contributed by atoms with Crippen molar-refractivity contribution < 1.29 is 14.7 Å². The summed E-state index contributed by atoms with van der Waals surface area (Å²) in [6.07, 6.45) is 0. The molecule has 17 heavy (non-hydrogen) atoms. The first kappa shape index (κ1) is 13.5. The van der Waals surface area contributed by atoms with Gasteiger partial charge in [0.25, 0.3) is 0 Å². The first-order valence-corrected chi connectivity index (χ1v) is 6.23. The number of hydrogen-bond donors (Lipinski definition) is 2. The van der Waals surface area contributed by atoms with Gasteiger partial charge in [-0.3, -0.25) is 5.32 Å². The van der Waals surface area contributed by atoms with E-state index in [9.17, 15) is 9.59 Å². The molecule has 1 rings (SSSR count). The number of amides is 2. The van der Waals surface area contributed by atoms with Crippen molar-refractivity contribution in [1.29, 1.82) is 0 Å². The van der Waals surface area contributed by atoms with Gasteiger partial charge in [-0.05, 0) is 32.2 Å². The fourth-order valence-electron chi connectivity index (χ4n) is 1.49. The van der Waals surface area contributed by atoms with Crippen LogP contribution < -0.4 is 5.32 Å². The molecule has 0 aliphatic heterocycles. The lowest BCUT2D eigenvalue weighted by Gasteiger charge is -2.25. The fraction of sp³-hybridized carbons (Fsp3) is 0.455. The number of rotatable bonds is 4. The van der Waals surface area contributed by atoms with Crippen LogP contribution in [-0.4, -0.2) is 34.6 Å². The highest BCUT2D eigenvalue weighted by Crippen LogP contribution is 2.23. The molecule has 0 saturated heterocycles. The van der Waals surface area contributed by atoms with Crippen LogP contribution in [-0.2, 0) is 0 Å². The first-order valence-electron chi connectivity index (χ1n) is 5.35. The summed E-state index contributed by atoms with van der Waals surface area (Å²) in [5, 5.41) is 13.6. The Morgan fingerprint density at radius 1 is 1.53 bits per heavy atom. The number of carbonyl (C=O) groups is 2. The molecule has 6 heteroatoms. The van der Waals surface area contributed by atoms with Gasteiger partial charge in [0.05, 0.1) is 5.56 Å². The number of carboxylic acid groups (broad SMARTS) is 1. The van der Waals surface area contributed by atoms with E-state index in [0.29, 0.717) is 11.5 Å². The van der Waals surface area contributed by atoms with Gasteiger partial charge in [-0.1, -0.05) is 0 Å². The van der Waals surface area contributed by atoms with Crippen LogP contribution in [0.5, 0.6) is 0 Å². The van der Waals surface area contributed by atoms with Crippen molar-refractivity contribution in [2.24, 2.45) is 0 Å². The van der Waals surface area contributed by atoms with Gasteiger partial charge in [0.2, 0.25) is 0 Å². The van der Waals surface area contributed by atoms with Crippen LogP contribution in [0.1, 0.15) is 31.1 Å². The Balaban J connectivity index is 2.80. The summed E-state index contributed by atoms with van der Waals surface area (Å²) < 4.78 is 0. The van der Waals surface area contributed by atoms with Crippen molar-refractivity contribution in [1.82, 2.24) is 4.90 Å². The van der Waals surface area contributed by atoms with Crippen LogP contribution in [0, 0.1) is 0 Å². The minimum atomic E-state index is -1.03. The highest BCUT2D eigenvalue weighted by atomic mass is 32.1. The maximum Gasteiger partial charge on any atom is 0.338 e. The topological polar surface area (TPSA) is 69.6 Å². The van der Waals surface area contributed by atoms with Crippen molar-refractivity contribution in [2.45, 2.75) is 26.8 Å². The van der Waals surface area contributed by atoms with Crippen LogP contribution in [0.3, 0.4) is 0 Å². The molecule has 0 aromatic carbocycles. The number of hydrogen-bond acceptors (Lipinski definition) is 3. The smallest absolute Gasteiger partial charge is 0.338 e. The SMILES string of the molecule is CCN(C(=O)Nc1sccc1C(=O)O)C(C)C. The molecular weight excluding hydrogens is 240 g/mol. The third-order valence-electron chi connectivity index (χ3n) is 2.34. The number of nitrogens with one attached hydrogen (secondary N) is 1. The molecule has 5 nitrogen and oxygen atoms in total. The molecule has 0 aliphatic rings. The van der Waals surface area contributed by atoms with Gasteiger partial charge in [-0.2, -0.15) is 0 Å². The molecule has 0 spiro atoms. The molecule has 94 valence electrons. The van der Waals surface area contributed by atoms with Gasteiger partial charge in [-0.25, -0.2) is 9.59 Å². The van der Waals surface area contributed by atoms with Crippen molar-refractivity contribution in [2.75, 3.05) is 11.9 Å². The minimum absolute atomic E-state index is 0.0771. The van der Waals surface area contributed by atoms with Gasteiger partial charge in [0.15, 0.2) is 0 Å². The van der Waals surface area contributed by atoms with E-state index in [1.165, 1.54) is 17.4 Å². The predicted octanol–water partition coefficient (Wildman–Crippen LogP) is 2.71. The largest absolute Gasteiger partial charge is 0.478 e. The Hall–Kier alpha value is -1.56. The monoisotopic (exact) mass is 256 g/mol. The van der Waals surface area contributed by atoms with Crippen LogP contribution in [0.4, 0.5) is 9.80 Å². The molecule has 0 fully saturated rings. The molecule has 0 radical (unpaired) electrons. The van der Waals surface area contributed by atoms with Crippen LogP contribution in [0.15, 0.2) is 11.4 Å². The standard InChI is InChI=1S/C11H16N2O3S/c1-4-13(7(2)3)11(16)12-9-8(10(14)15)5-6-17-9/h5-7H,4H2,1-3H3,(H,12,16)(H,14,15). The molecule has 0 atom stereocenters. The lowest BCUT2D eigenvalue weighted by Crippen LogP contribution is -2.39. The van der Waals surface area contributed by atoms with Crippen LogP contribution in [0.2, 0.25) is 0 Å². The van der Waals surface area contributed by atoms with Crippen LogP contribution in [0.25, 0.3) is 0 Å². The number of nitrogens with zero attached hydrogens (tertiary/aromatic N) is 1. The molecular formula is C11H16N2O3S. The summed E-state index contributed by atoms with van der Waals surface area (Å²) in [6, 6.07) is 1.29. The summed E-state index contributed by atoms with van der Waals surface area (Å²) in [5.41, 5.74) is 0.128. The number of carboxylic acids is 1. The van der Waals surface area contributed by atoms with Gasteiger partial charge in [-0.15, -0.1) is 11.3 Å². The third-order valence-corrected chi connectivity index (χ3v) is 3.17. The van der Waals surface area contributed by atoms with Crippen molar-refractivity contribution in [3.05, 3.63) is 17.0 Å². The summed E-state index contributed by atoms with van der Waals surface area (Å²) in [7, 11) is 0. The van der Waals surface area contributed by atoms with E-state index in [2.05, 4.69) is 5.32 Å². The highest BCUT2D eigenvalue weighted by molar-refractivity contribution is 7.14. The number of carbonyl (C=O) groups excluding carboxylic acids is 1. The van der Waals surface area contributed by atoms with E-state index < -0.39 is 5.97 Å². The second kappa shape index (κ2) is 5.67. The van der Waals surface area contributed by atoms with E-state index >= 15 is 0 Å². The molecule has 1 heterocycles. The number of thiophene rings is 1. The highest BCUT2D eigenvalue weighted by Gasteiger charge is 2.18. The molecule has 0 saturated carbocycles. The zero-order valence-electron chi connectivity index (χ0n) is 10.1. The quantitative estimate of drug-likeness (QED) is 0.870. The van der Waals surface area contributed by atoms with Gasteiger partial charge >= 0.3 is 12.0 Å². The maximum absolute atomic E-state index is 11.9. The minimum Gasteiger partial charge on any atom is -0.478 e. The maximum atomic E-state index is 11.9. The van der Waals surface area contributed by atoms with Crippen molar-refractivity contribution in [3.63, 3.8) is 0 Å². The average Bonchev–Trinajstić information content (AvgIpc) is 2.66. The molecule has 1 aromatic rings. The Labute approximate surface area is 104 Å². The lowest BCUT2D eigenvalue weighted by atomic mass is 10.3. The molecule has 1 aromatic heterocycles. The second-order valence-electron chi connectivity index (χ2n) is 3.78. The normalized spacial score (nSPS) is 10.4. The Bertz CT molecular complexity index is 415. The summed E-state index contributed by atoms with van der Waals surface area (Å²) in [5.74, 6) is -1.03. The number of urea groups is 1. The lowest BCUT2D eigenvalue weighted by molar-refractivity contribution is 0.0698. The second-order valence-corrected chi connectivity index (χ2v) is 4.69. The average molecular weight is 256 g/mol. The summed E-state index contributed by atoms with van der Waals surface area (Å²) in [4.78, 5) is 24.4. The Kier molecular flexibility index (Phi) is 4.51. The zero-order valence-corrected chi connectivity index (χ0v) is 10.9. The summed E-state index contributed by atoms with van der Waals surface area (Å²) in [6.45, 7) is 6.29. The summed E-state index contributed by atoms with van der Waals surface area (Å²) >= 11 is 1.21. The zero-order chi connectivity index (χ0) is 13.0. The van der Waals surface area contributed by atoms with Crippen molar-refractivity contribution in [3.8, 4) is 0 Å². The van der Waals surface area contributed by atoms with Crippen LogP contribution >= 0.6 is 11.3 Å². The molecule has 2 amide bonds. The fourth-order valence-corrected chi connectivity index (χ4v) is 2.26. The van der Waals surface area contributed by atoms with Gasteiger partial charge in [0.1, 0.15) is 5.00 Å².